The van der Waals surface area contributed by atoms with E-state index in [0.717, 1.165) is 135 Å². The number of hydrogen-bond acceptors (Lipinski definition) is 8. The highest BCUT2D eigenvalue weighted by Crippen LogP contribution is 2.48. The molecule has 4 amide bonds. The first-order chi connectivity index (χ1) is 31.9. The number of imidazole rings is 2. The summed E-state index contributed by atoms with van der Waals surface area (Å²) in [5, 5.41) is 5.68. The molecule has 66 heavy (non-hydrogen) atoms. The SMILES string of the molecule is COC(=O)NC(C(=O)N1C2CCCCC2C[C@H]1c1nc(-c2cc3c(-c4c[nH]c([C@@H]5CC6CCCCC6N5C(=O)C(NC(=O)OC)C(C)C)n4)cc2CCc2ccc(cc2)CC3)c[nH]1)C(C)C. The van der Waals surface area contributed by atoms with Crippen LogP contribution in [0.3, 0.4) is 0 Å². The number of rotatable bonds is 10. The number of methoxy groups -OCH3 is 2. The highest BCUT2D eigenvalue weighted by atomic mass is 16.5. The number of alkyl carbamates (subject to hydrolysis) is 2. The molecule has 0 radical (unpaired) electrons. The molecule has 4 N–H and O–H groups in total. The predicted octanol–water partition coefficient (Wildman–Crippen LogP) is 8.78. The second-order valence-corrected chi connectivity index (χ2v) is 20.3. The first-order valence-corrected chi connectivity index (χ1v) is 24.6. The Morgan fingerprint density at radius 1 is 0.606 bits per heavy atom. The molecule has 2 aromatic carbocycles. The monoisotopic (exact) mass is 901 g/mol. The lowest BCUT2D eigenvalue weighted by Gasteiger charge is -2.36. The Labute approximate surface area is 388 Å². The summed E-state index contributed by atoms with van der Waals surface area (Å²) in [6.45, 7) is 7.83. The highest BCUT2D eigenvalue weighted by molar-refractivity contribution is 5.88. The van der Waals surface area contributed by atoms with Crippen LogP contribution in [0.15, 0.2) is 48.8 Å². The van der Waals surface area contributed by atoms with Crippen LogP contribution in [-0.4, -0.2) is 92.1 Å². The van der Waals surface area contributed by atoms with E-state index in [9.17, 15) is 19.2 Å². The van der Waals surface area contributed by atoms with E-state index in [1.54, 1.807) is 0 Å². The predicted molar refractivity (Wildman–Crippen MR) is 251 cm³/mol. The van der Waals surface area contributed by atoms with Gasteiger partial charge in [0.25, 0.3) is 0 Å². The fourth-order valence-electron chi connectivity index (χ4n) is 12.1. The lowest BCUT2D eigenvalue weighted by molar-refractivity contribution is -0.139. The highest BCUT2D eigenvalue weighted by Gasteiger charge is 2.50. The fraction of sp³-hybridized carbons (Fsp3) is 0.577. The molecule has 14 nitrogen and oxygen atoms in total. The summed E-state index contributed by atoms with van der Waals surface area (Å²) in [7, 11) is 2.65. The molecule has 6 unspecified atom stereocenters. The molecule has 4 fully saturated rings. The molecule has 12 rings (SSSR count). The van der Waals surface area contributed by atoms with Crippen LogP contribution in [0, 0.1) is 23.7 Å². The van der Waals surface area contributed by atoms with Crippen LogP contribution < -0.4 is 10.6 Å². The van der Waals surface area contributed by atoms with Crippen LogP contribution in [0.2, 0.25) is 0 Å². The topological polar surface area (TPSA) is 175 Å². The third-order valence-corrected chi connectivity index (χ3v) is 15.6. The second kappa shape index (κ2) is 19.3. The largest absolute Gasteiger partial charge is 0.453 e. The van der Waals surface area contributed by atoms with E-state index in [2.05, 4.69) is 57.0 Å². The quantitative estimate of drug-likeness (QED) is 0.122. The molecule has 4 aromatic rings. The standard InChI is InChI=1S/C52H68N8O6/c1-29(2)45(57-51(63)65-5)49(61)59-41-13-9-7-11-35(41)25-43(59)47-53-27-39(55-47)37-23-34-22-20-32-17-15-31(16-18-32)19-21-33(37)24-38(34)40-28-54-48(56-40)44-26-36-12-8-10-14-42(36)60(44)50(62)46(30(3)4)58-52(64)66-6/h15-18,23-24,27-30,35-36,41-46H,7-14,19-22,25-26H2,1-6H3,(H,53,55)(H,54,56)(H,57,63)(H,58,64)/t35?,36?,41?,42?,43-,44-,45?,46?/m0/s1. The molecule has 2 saturated heterocycles. The zero-order valence-corrected chi connectivity index (χ0v) is 39.5. The van der Waals surface area contributed by atoms with Crippen molar-refractivity contribution < 1.29 is 28.7 Å². The van der Waals surface area contributed by atoms with E-state index in [1.165, 1.54) is 25.3 Å². The maximum absolute atomic E-state index is 14.6. The van der Waals surface area contributed by atoms with Crippen molar-refractivity contribution in [3.05, 3.63) is 82.7 Å². The molecule has 6 aliphatic carbocycles. The number of ether oxygens (including phenoxy) is 2. The van der Waals surface area contributed by atoms with E-state index in [1.807, 2.05) is 49.9 Å². The molecule has 4 heterocycles. The molecule has 2 aromatic heterocycles. The average molecular weight is 901 g/mol. The Kier molecular flexibility index (Phi) is 13.3. The van der Waals surface area contributed by atoms with Gasteiger partial charge in [-0.2, -0.15) is 0 Å². The Morgan fingerprint density at radius 2 is 1.00 bits per heavy atom. The zero-order valence-electron chi connectivity index (χ0n) is 39.5. The van der Waals surface area contributed by atoms with Gasteiger partial charge in [-0.1, -0.05) is 77.6 Å². The number of benzene rings is 2. The van der Waals surface area contributed by atoms with Gasteiger partial charge >= 0.3 is 12.2 Å². The van der Waals surface area contributed by atoms with Crippen molar-refractivity contribution in [2.45, 2.75) is 154 Å². The van der Waals surface area contributed by atoms with Crippen LogP contribution in [-0.2, 0) is 44.7 Å². The van der Waals surface area contributed by atoms with E-state index >= 15 is 0 Å². The molecule has 0 spiro atoms. The van der Waals surface area contributed by atoms with Gasteiger partial charge in [-0.15, -0.1) is 0 Å². The van der Waals surface area contributed by atoms with Gasteiger partial charge in [0.1, 0.15) is 23.7 Å². The first kappa shape index (κ1) is 45.5. The first-order valence-electron chi connectivity index (χ1n) is 24.6. The summed E-state index contributed by atoms with van der Waals surface area (Å²) < 4.78 is 9.89. The number of carbonyl (C=O) groups is 4. The Hall–Kier alpha value is -5.66. The number of aromatic nitrogens is 4. The van der Waals surface area contributed by atoms with Crippen LogP contribution >= 0.6 is 0 Å². The van der Waals surface area contributed by atoms with Gasteiger partial charge in [0.05, 0.1) is 37.7 Å². The number of H-pyrrole nitrogens is 2. The van der Waals surface area contributed by atoms with Crippen molar-refractivity contribution >= 4 is 24.0 Å². The normalized spacial score (nSPS) is 24.6. The van der Waals surface area contributed by atoms with Gasteiger partial charge in [-0.25, -0.2) is 19.6 Å². The minimum atomic E-state index is -0.714. The minimum absolute atomic E-state index is 0.0833. The Balaban J connectivity index is 1.07. The summed E-state index contributed by atoms with van der Waals surface area (Å²) >= 11 is 0. The minimum Gasteiger partial charge on any atom is -0.453 e. The zero-order chi connectivity index (χ0) is 46.2. The van der Waals surface area contributed by atoms with Crippen molar-refractivity contribution in [2.24, 2.45) is 23.7 Å². The number of fused-ring (bicyclic) bond motifs is 2. The number of aromatic amines is 2. The number of nitrogens with zero attached hydrogens (tertiary/aromatic N) is 4. The third kappa shape index (κ3) is 8.96. The van der Waals surface area contributed by atoms with Crippen LogP contribution in [0.5, 0.6) is 0 Å². The number of carbonyl (C=O) groups excluding carboxylic acids is 4. The van der Waals surface area contributed by atoms with E-state index in [4.69, 9.17) is 19.4 Å². The molecular formula is C52H68N8O6. The van der Waals surface area contributed by atoms with Gasteiger partial charge in [0.15, 0.2) is 0 Å². The summed E-state index contributed by atoms with van der Waals surface area (Å²) in [6, 6.07) is 11.9. The number of nitrogens with one attached hydrogen (secondary N) is 4. The van der Waals surface area contributed by atoms with Crippen LogP contribution in [0.1, 0.15) is 138 Å². The van der Waals surface area contributed by atoms with E-state index < -0.39 is 24.3 Å². The van der Waals surface area contributed by atoms with Gasteiger partial charge in [-0.05, 0) is 122 Å². The third-order valence-electron chi connectivity index (χ3n) is 15.6. The number of likely N-dealkylation sites (tertiary alicyclic amines) is 2. The maximum Gasteiger partial charge on any atom is 0.407 e. The second-order valence-electron chi connectivity index (χ2n) is 20.3. The Bertz CT molecular complexity index is 2240. The van der Waals surface area contributed by atoms with E-state index in [0.29, 0.717) is 11.8 Å². The average Bonchev–Trinajstić information content (AvgIpc) is 4.15. The molecule has 2 aliphatic heterocycles. The molecule has 8 aliphatic rings. The van der Waals surface area contributed by atoms with Crippen molar-refractivity contribution in [2.75, 3.05) is 14.2 Å². The smallest absolute Gasteiger partial charge is 0.407 e. The van der Waals surface area contributed by atoms with Crippen molar-refractivity contribution in [3.8, 4) is 22.5 Å². The van der Waals surface area contributed by atoms with Crippen molar-refractivity contribution in [3.63, 3.8) is 0 Å². The van der Waals surface area contributed by atoms with Crippen LogP contribution in [0.25, 0.3) is 22.5 Å². The van der Waals surface area contributed by atoms with Crippen LogP contribution in [0.4, 0.5) is 9.59 Å². The van der Waals surface area contributed by atoms with Gasteiger partial charge in [0, 0.05) is 35.6 Å². The van der Waals surface area contributed by atoms with Gasteiger partial charge in [-0.3, -0.25) is 9.59 Å². The van der Waals surface area contributed by atoms with E-state index in [-0.39, 0.29) is 47.8 Å². The Morgan fingerprint density at radius 3 is 1.38 bits per heavy atom. The molecule has 14 heteroatoms. The molecule has 4 bridgehead atoms. The number of amides is 4. The number of hydrogen-bond donors (Lipinski definition) is 4. The molecular weight excluding hydrogens is 833 g/mol. The maximum atomic E-state index is 14.6. The fourth-order valence-corrected chi connectivity index (χ4v) is 12.1. The lowest BCUT2D eigenvalue weighted by Crippen LogP contribution is -2.53. The van der Waals surface area contributed by atoms with Gasteiger partial charge in [0.2, 0.25) is 11.8 Å². The molecule has 2 saturated carbocycles. The van der Waals surface area contributed by atoms with Crippen molar-refractivity contribution in [1.29, 1.82) is 0 Å². The summed E-state index contributed by atoms with van der Waals surface area (Å²) in [5.41, 5.74) is 8.70. The summed E-state index contributed by atoms with van der Waals surface area (Å²) in [6.07, 6.45) is 16.2. The van der Waals surface area contributed by atoms with Crippen molar-refractivity contribution in [1.82, 2.24) is 40.4 Å². The number of aryl methyl sites for hydroxylation is 4. The summed E-state index contributed by atoms with van der Waals surface area (Å²) in [4.78, 5) is 76.0. The van der Waals surface area contributed by atoms with Gasteiger partial charge < -0.3 is 39.9 Å². The summed E-state index contributed by atoms with van der Waals surface area (Å²) in [5.74, 6) is 1.87. The molecule has 352 valence electrons. The lowest BCUT2D eigenvalue weighted by atomic mass is 9.84. The molecule has 8 atom stereocenters.